The fourth-order valence-electron chi connectivity index (χ4n) is 1.63. The molecule has 3 nitrogen and oxygen atoms in total. The van der Waals surface area contributed by atoms with Crippen molar-refractivity contribution < 1.29 is 0 Å². The summed E-state index contributed by atoms with van der Waals surface area (Å²) < 4.78 is 0. The predicted octanol–water partition coefficient (Wildman–Crippen LogP) is 3.05. The van der Waals surface area contributed by atoms with Crippen LogP contribution in [0, 0.1) is 5.92 Å². The maximum atomic E-state index is 4.40. The second-order valence-electron chi connectivity index (χ2n) is 4.25. The fourth-order valence-corrected chi connectivity index (χ4v) is 1.63. The van der Waals surface area contributed by atoms with Crippen molar-refractivity contribution in [2.75, 3.05) is 20.6 Å². The van der Waals surface area contributed by atoms with Gasteiger partial charge in [0.1, 0.15) is 0 Å². The number of hydrogen-bond acceptors (Lipinski definition) is 3. The zero-order chi connectivity index (χ0) is 12.6. The molecule has 0 fully saturated rings. The van der Waals surface area contributed by atoms with Crippen molar-refractivity contribution in [2.24, 2.45) is 20.9 Å². The van der Waals surface area contributed by atoms with E-state index in [0.29, 0.717) is 5.92 Å². The van der Waals surface area contributed by atoms with E-state index in [2.05, 4.69) is 28.8 Å². The molecule has 0 N–H and O–H groups in total. The van der Waals surface area contributed by atoms with Crippen LogP contribution >= 0.6 is 0 Å². The van der Waals surface area contributed by atoms with Gasteiger partial charge < -0.3 is 0 Å². The quantitative estimate of drug-likeness (QED) is 0.490. The van der Waals surface area contributed by atoms with Crippen molar-refractivity contribution in [1.82, 2.24) is 0 Å². The van der Waals surface area contributed by atoms with Crippen LogP contribution in [0.2, 0.25) is 0 Å². The van der Waals surface area contributed by atoms with Gasteiger partial charge in [-0.15, -0.1) is 0 Å². The Balaban J connectivity index is 4.30. The highest BCUT2D eigenvalue weighted by atomic mass is 14.7. The predicted molar refractivity (Wildman–Crippen MR) is 74.4 cm³/mol. The summed E-state index contributed by atoms with van der Waals surface area (Å²) in [5.74, 6) is 0.391. The third-order valence-corrected chi connectivity index (χ3v) is 2.79. The van der Waals surface area contributed by atoms with Gasteiger partial charge in [0.25, 0.3) is 0 Å². The molecule has 0 atom stereocenters. The van der Waals surface area contributed by atoms with Crippen LogP contribution in [0.3, 0.4) is 0 Å². The van der Waals surface area contributed by atoms with Crippen molar-refractivity contribution in [2.45, 2.75) is 40.5 Å². The van der Waals surface area contributed by atoms with E-state index in [1.54, 1.807) is 0 Å². The van der Waals surface area contributed by atoms with Gasteiger partial charge in [-0.1, -0.05) is 0 Å². The summed E-state index contributed by atoms with van der Waals surface area (Å²) in [5.41, 5.74) is 3.49. The zero-order valence-electron chi connectivity index (χ0n) is 11.5. The monoisotopic (exact) mass is 223 g/mol. The van der Waals surface area contributed by atoms with Gasteiger partial charge in [0.15, 0.2) is 0 Å². The summed E-state index contributed by atoms with van der Waals surface area (Å²) in [6.07, 6.45) is 2.18. The molecular weight excluding hydrogens is 198 g/mol. The van der Waals surface area contributed by atoms with Crippen LogP contribution in [-0.4, -0.2) is 37.8 Å². The summed E-state index contributed by atoms with van der Waals surface area (Å²) >= 11 is 0. The summed E-state index contributed by atoms with van der Waals surface area (Å²) in [7, 11) is 3.69. The second-order valence-corrected chi connectivity index (χ2v) is 4.25. The van der Waals surface area contributed by atoms with E-state index >= 15 is 0 Å². The van der Waals surface area contributed by atoms with E-state index < -0.39 is 0 Å². The molecule has 0 radical (unpaired) electrons. The van der Waals surface area contributed by atoms with Crippen molar-refractivity contribution in [3.8, 4) is 0 Å². The molecule has 16 heavy (non-hydrogen) atoms. The molecule has 3 heteroatoms. The van der Waals surface area contributed by atoms with Gasteiger partial charge in [0.05, 0.1) is 0 Å². The number of hydrogen-bond donors (Lipinski definition) is 0. The van der Waals surface area contributed by atoms with Gasteiger partial charge in [-0.2, -0.15) is 0 Å². The first-order valence-electron chi connectivity index (χ1n) is 5.87. The normalized spacial score (nSPS) is 14.9. The molecule has 0 heterocycles. The Morgan fingerprint density at radius 2 is 1.44 bits per heavy atom. The number of nitrogens with zero attached hydrogens (tertiary/aromatic N) is 3. The molecule has 0 unspecified atom stereocenters. The van der Waals surface area contributed by atoms with Gasteiger partial charge in [-0.3, -0.25) is 15.0 Å². The lowest BCUT2D eigenvalue weighted by Crippen LogP contribution is -2.20. The van der Waals surface area contributed by atoms with E-state index in [1.807, 2.05) is 27.9 Å². The van der Waals surface area contributed by atoms with Crippen LogP contribution in [0.25, 0.3) is 0 Å². The lowest BCUT2D eigenvalue weighted by molar-refractivity contribution is 0.704. The lowest BCUT2D eigenvalue weighted by atomic mass is 9.93. The van der Waals surface area contributed by atoms with E-state index in [-0.39, 0.29) is 0 Å². The highest BCUT2D eigenvalue weighted by Crippen LogP contribution is 2.12. The van der Waals surface area contributed by atoms with Gasteiger partial charge in [-0.25, -0.2) is 0 Å². The first-order valence-corrected chi connectivity index (χ1v) is 5.87. The first kappa shape index (κ1) is 15.0. The minimum atomic E-state index is 0.391. The zero-order valence-corrected chi connectivity index (χ0v) is 11.5. The maximum Gasteiger partial charge on any atom is 0.0388 e. The van der Waals surface area contributed by atoms with Crippen LogP contribution in [0.5, 0.6) is 0 Å². The van der Waals surface area contributed by atoms with Crippen LogP contribution in [0.4, 0.5) is 0 Å². The number of rotatable bonds is 6. The highest BCUT2D eigenvalue weighted by Gasteiger charge is 2.14. The van der Waals surface area contributed by atoms with Crippen LogP contribution < -0.4 is 0 Å². The third kappa shape index (κ3) is 5.79. The SMILES string of the molecule is CN=C(C)C(CCCN=C(C)C)C(C)=NC. The van der Waals surface area contributed by atoms with Gasteiger partial charge >= 0.3 is 0 Å². The summed E-state index contributed by atoms with van der Waals surface area (Å²) in [6, 6.07) is 0. The lowest BCUT2D eigenvalue weighted by Gasteiger charge is -2.15. The Morgan fingerprint density at radius 1 is 0.938 bits per heavy atom. The highest BCUT2D eigenvalue weighted by molar-refractivity contribution is 6.05. The van der Waals surface area contributed by atoms with E-state index in [0.717, 1.165) is 25.1 Å². The smallest absolute Gasteiger partial charge is 0.0388 e. The van der Waals surface area contributed by atoms with Crippen LogP contribution in [0.15, 0.2) is 15.0 Å². The molecule has 0 aromatic rings. The first-order chi connectivity index (χ1) is 7.52. The van der Waals surface area contributed by atoms with Crippen molar-refractivity contribution >= 4 is 17.1 Å². The third-order valence-electron chi connectivity index (χ3n) is 2.79. The van der Waals surface area contributed by atoms with E-state index in [9.17, 15) is 0 Å². The van der Waals surface area contributed by atoms with Crippen molar-refractivity contribution in [3.63, 3.8) is 0 Å². The van der Waals surface area contributed by atoms with E-state index in [4.69, 9.17) is 0 Å². The molecule has 0 aliphatic rings. The Kier molecular flexibility index (Phi) is 7.69. The minimum absolute atomic E-state index is 0.391. The minimum Gasteiger partial charge on any atom is -0.297 e. The largest absolute Gasteiger partial charge is 0.297 e. The molecular formula is C13H25N3. The van der Waals surface area contributed by atoms with E-state index in [1.165, 1.54) is 11.4 Å². The molecule has 0 aliphatic heterocycles. The van der Waals surface area contributed by atoms with Crippen molar-refractivity contribution in [1.29, 1.82) is 0 Å². The molecule has 0 amide bonds. The molecule has 0 bridgehead atoms. The summed E-state index contributed by atoms with van der Waals surface area (Å²) in [5, 5.41) is 0. The van der Waals surface area contributed by atoms with Crippen LogP contribution in [0.1, 0.15) is 40.5 Å². The topological polar surface area (TPSA) is 37.1 Å². The fraction of sp³-hybridized carbons (Fsp3) is 0.769. The summed E-state index contributed by atoms with van der Waals surface area (Å²) in [4.78, 5) is 12.9. The molecule has 0 aliphatic carbocycles. The Morgan fingerprint density at radius 3 is 1.81 bits per heavy atom. The molecule has 0 saturated carbocycles. The number of aliphatic imine (C=N–C) groups is 3. The standard InChI is InChI=1S/C13H25N3/c1-10(2)16-9-7-8-13(11(3)14-5)12(4)15-6/h13H,7-9H2,1-6H3. The Hall–Kier alpha value is -0.990. The second kappa shape index (κ2) is 8.20. The Bertz CT molecular complexity index is 266. The average Bonchev–Trinajstić information content (AvgIpc) is 2.27. The van der Waals surface area contributed by atoms with Gasteiger partial charge in [0, 0.05) is 43.7 Å². The van der Waals surface area contributed by atoms with Crippen LogP contribution in [-0.2, 0) is 0 Å². The van der Waals surface area contributed by atoms with Crippen molar-refractivity contribution in [3.05, 3.63) is 0 Å². The van der Waals surface area contributed by atoms with Gasteiger partial charge in [0.2, 0.25) is 0 Å². The molecule has 0 rings (SSSR count). The maximum absolute atomic E-state index is 4.40. The molecule has 0 saturated heterocycles. The molecule has 0 spiro atoms. The Labute approximate surface area is 99.8 Å². The molecule has 0 aromatic heterocycles. The molecule has 92 valence electrons. The average molecular weight is 223 g/mol. The summed E-state index contributed by atoms with van der Waals surface area (Å²) in [6.45, 7) is 9.14. The molecule has 0 aromatic carbocycles. The van der Waals surface area contributed by atoms with Gasteiger partial charge in [-0.05, 0) is 40.5 Å².